The maximum absolute atomic E-state index is 13.5. The van der Waals surface area contributed by atoms with Gasteiger partial charge < -0.3 is 9.47 Å². The van der Waals surface area contributed by atoms with Gasteiger partial charge in [-0.1, -0.05) is 6.58 Å². The first-order valence-corrected chi connectivity index (χ1v) is 8.97. The Morgan fingerprint density at radius 2 is 2.07 bits per heavy atom. The Kier molecular flexibility index (Phi) is 6.48. The van der Waals surface area contributed by atoms with E-state index in [2.05, 4.69) is 21.6 Å². The SMILES string of the molecule is C=C(CCCOc1nccc(OC)n1)C(=O)N1N=CCC1c1cc(F)cc(F)c1. The molecule has 0 bridgehead atoms. The van der Waals surface area contributed by atoms with Gasteiger partial charge in [0.1, 0.15) is 11.6 Å². The third-order valence-electron chi connectivity index (χ3n) is 4.28. The number of ether oxygens (including phenoxy) is 2. The molecule has 152 valence electrons. The number of hydrogen-bond donors (Lipinski definition) is 0. The van der Waals surface area contributed by atoms with Gasteiger partial charge in [0.05, 0.1) is 19.8 Å². The zero-order chi connectivity index (χ0) is 20.8. The number of hydrogen-bond acceptors (Lipinski definition) is 6. The molecule has 0 saturated carbocycles. The summed E-state index contributed by atoms with van der Waals surface area (Å²) in [7, 11) is 1.49. The van der Waals surface area contributed by atoms with E-state index in [-0.39, 0.29) is 12.6 Å². The highest BCUT2D eigenvalue weighted by Crippen LogP contribution is 2.30. The van der Waals surface area contributed by atoms with Crippen molar-refractivity contribution in [2.45, 2.75) is 25.3 Å². The molecule has 1 aromatic carbocycles. The van der Waals surface area contributed by atoms with E-state index in [1.165, 1.54) is 30.4 Å². The fourth-order valence-corrected chi connectivity index (χ4v) is 2.88. The topological polar surface area (TPSA) is 76.9 Å². The van der Waals surface area contributed by atoms with E-state index < -0.39 is 23.6 Å². The van der Waals surface area contributed by atoms with Crippen LogP contribution in [0.15, 0.2) is 47.7 Å². The van der Waals surface area contributed by atoms with E-state index in [0.717, 1.165) is 6.07 Å². The minimum Gasteiger partial charge on any atom is -0.481 e. The highest BCUT2D eigenvalue weighted by atomic mass is 19.1. The normalized spacial score (nSPS) is 15.4. The summed E-state index contributed by atoms with van der Waals surface area (Å²) in [5.41, 5.74) is 0.667. The Labute approximate surface area is 166 Å². The maximum atomic E-state index is 13.5. The van der Waals surface area contributed by atoms with Crippen LogP contribution in [0, 0.1) is 11.6 Å². The predicted molar refractivity (Wildman–Crippen MR) is 102 cm³/mol. The van der Waals surface area contributed by atoms with Crippen LogP contribution in [0.1, 0.15) is 30.9 Å². The smallest absolute Gasteiger partial charge is 0.319 e. The largest absolute Gasteiger partial charge is 0.481 e. The van der Waals surface area contributed by atoms with Gasteiger partial charge in [0.2, 0.25) is 5.88 Å². The van der Waals surface area contributed by atoms with Crippen molar-refractivity contribution in [1.29, 1.82) is 0 Å². The van der Waals surface area contributed by atoms with Gasteiger partial charge in [0, 0.05) is 36.5 Å². The van der Waals surface area contributed by atoms with Crippen LogP contribution in [0.4, 0.5) is 8.78 Å². The number of nitrogens with zero attached hydrogens (tertiary/aromatic N) is 4. The Morgan fingerprint density at radius 1 is 1.31 bits per heavy atom. The molecule has 3 rings (SSSR count). The van der Waals surface area contributed by atoms with Crippen molar-refractivity contribution in [3.63, 3.8) is 0 Å². The molecule has 1 aliphatic rings. The number of benzene rings is 1. The third-order valence-corrected chi connectivity index (χ3v) is 4.28. The lowest BCUT2D eigenvalue weighted by atomic mass is 10.0. The van der Waals surface area contributed by atoms with Gasteiger partial charge in [-0.05, 0) is 30.5 Å². The van der Waals surface area contributed by atoms with Crippen molar-refractivity contribution < 1.29 is 23.0 Å². The van der Waals surface area contributed by atoms with E-state index in [9.17, 15) is 13.6 Å². The first-order valence-electron chi connectivity index (χ1n) is 8.97. The van der Waals surface area contributed by atoms with Crippen molar-refractivity contribution in [2.75, 3.05) is 13.7 Å². The van der Waals surface area contributed by atoms with Crippen LogP contribution in [-0.2, 0) is 4.79 Å². The lowest BCUT2D eigenvalue weighted by Gasteiger charge is -2.23. The first kappa shape index (κ1) is 20.4. The molecule has 0 spiro atoms. The van der Waals surface area contributed by atoms with Crippen molar-refractivity contribution in [1.82, 2.24) is 15.0 Å². The summed E-state index contributed by atoms with van der Waals surface area (Å²) in [6, 6.07) is 4.41. The summed E-state index contributed by atoms with van der Waals surface area (Å²) < 4.78 is 37.5. The quantitative estimate of drug-likeness (QED) is 0.499. The molecule has 2 aromatic rings. The molecule has 29 heavy (non-hydrogen) atoms. The molecule has 9 heteroatoms. The maximum Gasteiger partial charge on any atom is 0.319 e. The number of halogens is 2. The van der Waals surface area contributed by atoms with Crippen LogP contribution in [0.2, 0.25) is 0 Å². The minimum atomic E-state index is -0.699. The van der Waals surface area contributed by atoms with E-state index in [1.807, 2.05) is 0 Å². The number of carbonyl (C=O) groups is 1. The van der Waals surface area contributed by atoms with Gasteiger partial charge >= 0.3 is 6.01 Å². The second-order valence-electron chi connectivity index (χ2n) is 6.34. The van der Waals surface area contributed by atoms with Crippen LogP contribution in [0.3, 0.4) is 0 Å². The van der Waals surface area contributed by atoms with E-state index in [4.69, 9.17) is 9.47 Å². The Hall–Kier alpha value is -3.36. The molecular formula is C20H20F2N4O3. The summed E-state index contributed by atoms with van der Waals surface area (Å²) in [6.45, 7) is 4.09. The summed E-state index contributed by atoms with van der Waals surface area (Å²) in [4.78, 5) is 20.7. The first-order chi connectivity index (χ1) is 14.0. The van der Waals surface area contributed by atoms with Gasteiger partial charge in [0.15, 0.2) is 0 Å². The molecule has 1 atom stereocenters. The van der Waals surface area contributed by atoms with Gasteiger partial charge in [-0.15, -0.1) is 0 Å². The fourth-order valence-electron chi connectivity index (χ4n) is 2.88. The molecule has 1 aliphatic heterocycles. The molecule has 0 fully saturated rings. The zero-order valence-electron chi connectivity index (χ0n) is 15.8. The highest BCUT2D eigenvalue weighted by molar-refractivity contribution is 5.94. The predicted octanol–water partition coefficient (Wildman–Crippen LogP) is 3.44. The van der Waals surface area contributed by atoms with Crippen LogP contribution >= 0.6 is 0 Å². The second-order valence-corrected chi connectivity index (χ2v) is 6.34. The molecule has 1 amide bonds. The molecule has 0 aliphatic carbocycles. The van der Waals surface area contributed by atoms with Crippen LogP contribution in [0.25, 0.3) is 0 Å². The molecule has 0 N–H and O–H groups in total. The van der Waals surface area contributed by atoms with E-state index in [1.54, 1.807) is 12.3 Å². The number of amides is 1. The van der Waals surface area contributed by atoms with Crippen molar-refractivity contribution >= 4 is 12.1 Å². The standard InChI is InChI=1S/C20H20F2N4O3/c1-13(4-3-9-29-20-23-7-6-18(25-20)28-2)19(27)26-17(5-8-24-26)14-10-15(21)12-16(22)11-14/h6-8,10-12,17H,1,3-5,9H2,2H3. The molecular weight excluding hydrogens is 382 g/mol. The lowest BCUT2D eigenvalue weighted by Crippen LogP contribution is -2.28. The highest BCUT2D eigenvalue weighted by Gasteiger charge is 2.30. The monoisotopic (exact) mass is 402 g/mol. The summed E-state index contributed by atoms with van der Waals surface area (Å²) in [5, 5.41) is 5.27. The van der Waals surface area contributed by atoms with Gasteiger partial charge in [-0.2, -0.15) is 10.1 Å². The molecule has 7 nitrogen and oxygen atoms in total. The fraction of sp³-hybridized carbons (Fsp3) is 0.300. The minimum absolute atomic E-state index is 0.179. The number of hydrazone groups is 1. The van der Waals surface area contributed by atoms with Crippen molar-refractivity contribution in [2.24, 2.45) is 5.10 Å². The molecule has 1 aromatic heterocycles. The van der Waals surface area contributed by atoms with Crippen LogP contribution in [-0.4, -0.2) is 40.8 Å². The van der Waals surface area contributed by atoms with Crippen molar-refractivity contribution in [3.05, 3.63) is 59.8 Å². The molecule has 0 radical (unpaired) electrons. The van der Waals surface area contributed by atoms with Gasteiger partial charge in [0.25, 0.3) is 5.91 Å². The van der Waals surface area contributed by atoms with E-state index >= 15 is 0 Å². The van der Waals surface area contributed by atoms with Crippen molar-refractivity contribution in [3.8, 4) is 11.9 Å². The average molecular weight is 402 g/mol. The number of aromatic nitrogens is 2. The van der Waals surface area contributed by atoms with E-state index in [0.29, 0.717) is 36.3 Å². The lowest BCUT2D eigenvalue weighted by molar-refractivity contribution is -0.129. The summed E-state index contributed by atoms with van der Waals surface area (Å²) >= 11 is 0. The summed E-state index contributed by atoms with van der Waals surface area (Å²) in [6.07, 6.45) is 4.30. The Bertz CT molecular complexity index is 915. The van der Waals surface area contributed by atoms with Gasteiger partial charge in [-0.25, -0.2) is 18.8 Å². The molecule has 0 saturated heterocycles. The molecule has 2 heterocycles. The van der Waals surface area contributed by atoms with Crippen LogP contribution < -0.4 is 9.47 Å². The summed E-state index contributed by atoms with van der Waals surface area (Å²) in [5.74, 6) is -1.41. The number of carbonyl (C=O) groups excluding carboxylic acids is 1. The second kappa shape index (κ2) is 9.22. The van der Waals surface area contributed by atoms with Crippen LogP contribution in [0.5, 0.6) is 11.9 Å². The number of methoxy groups -OCH3 is 1. The third kappa shape index (κ3) is 5.13. The number of rotatable bonds is 8. The zero-order valence-corrected chi connectivity index (χ0v) is 15.8. The van der Waals surface area contributed by atoms with Gasteiger partial charge in [-0.3, -0.25) is 4.79 Å². The average Bonchev–Trinajstić information content (AvgIpc) is 3.20. The Balaban J connectivity index is 1.53. The molecule has 1 unspecified atom stereocenters. The Morgan fingerprint density at radius 3 is 2.79 bits per heavy atom.